The molecule has 2 aromatic carbocycles. The summed E-state index contributed by atoms with van der Waals surface area (Å²) in [5.41, 5.74) is 3.76. The second kappa shape index (κ2) is 8.39. The number of hydrogen-bond donors (Lipinski definition) is 1. The highest BCUT2D eigenvalue weighted by Crippen LogP contribution is 2.31. The van der Waals surface area contributed by atoms with E-state index in [1.54, 1.807) is 39.5 Å². The van der Waals surface area contributed by atoms with Crippen LogP contribution in [0, 0.1) is 6.92 Å². The van der Waals surface area contributed by atoms with Crippen molar-refractivity contribution in [3.8, 4) is 28.5 Å². The summed E-state index contributed by atoms with van der Waals surface area (Å²) in [6.07, 6.45) is 1.90. The third-order valence-corrected chi connectivity index (χ3v) is 4.99. The van der Waals surface area contributed by atoms with E-state index in [4.69, 9.17) is 19.2 Å². The third-order valence-electron chi connectivity index (χ3n) is 4.99. The summed E-state index contributed by atoms with van der Waals surface area (Å²) < 4.78 is 17.7. The molecule has 1 N–H and O–H groups in total. The fraction of sp³-hybridized carbons (Fsp3) is 0.167. The fourth-order valence-electron chi connectivity index (χ4n) is 3.33. The normalized spacial score (nSPS) is 10.7. The van der Waals surface area contributed by atoms with Crippen molar-refractivity contribution in [1.82, 2.24) is 9.38 Å². The number of methoxy groups -OCH3 is 3. The van der Waals surface area contributed by atoms with Crippen molar-refractivity contribution >= 4 is 17.4 Å². The summed E-state index contributed by atoms with van der Waals surface area (Å²) in [6.45, 7) is 2.00. The first kappa shape index (κ1) is 20.3. The highest BCUT2D eigenvalue weighted by atomic mass is 16.5. The molecule has 1 amide bonds. The standard InChI is InChI=1S/C24H23N3O4/c1-15-9-10-27-21(11-15)25-22(16-5-7-18(29-2)8-6-16)23(27)26-24(28)17-12-19(30-3)14-20(13-17)31-4/h5-14H,1-4H3,(H,26,28). The van der Waals surface area contributed by atoms with Gasteiger partial charge in [-0.3, -0.25) is 9.20 Å². The summed E-state index contributed by atoms with van der Waals surface area (Å²) in [7, 11) is 4.72. The Morgan fingerprint density at radius 2 is 1.52 bits per heavy atom. The number of carbonyl (C=O) groups excluding carboxylic acids is 1. The quantitative estimate of drug-likeness (QED) is 0.497. The lowest BCUT2D eigenvalue weighted by Gasteiger charge is -2.11. The number of nitrogens with one attached hydrogen (secondary N) is 1. The number of rotatable bonds is 6. The summed E-state index contributed by atoms with van der Waals surface area (Å²) in [6, 6.07) is 16.5. The zero-order valence-electron chi connectivity index (χ0n) is 17.8. The number of pyridine rings is 1. The lowest BCUT2D eigenvalue weighted by atomic mass is 10.1. The molecule has 2 heterocycles. The fourth-order valence-corrected chi connectivity index (χ4v) is 3.33. The first-order valence-electron chi connectivity index (χ1n) is 9.70. The van der Waals surface area contributed by atoms with E-state index in [-0.39, 0.29) is 5.91 Å². The molecule has 0 radical (unpaired) electrons. The number of aromatic nitrogens is 2. The molecule has 0 unspecified atom stereocenters. The first-order valence-corrected chi connectivity index (χ1v) is 9.70. The van der Waals surface area contributed by atoms with Gasteiger partial charge in [-0.2, -0.15) is 0 Å². The number of hydrogen-bond acceptors (Lipinski definition) is 5. The van der Waals surface area contributed by atoms with E-state index in [1.165, 1.54) is 0 Å². The van der Waals surface area contributed by atoms with Crippen LogP contribution in [0.4, 0.5) is 5.82 Å². The van der Waals surface area contributed by atoms with Gasteiger partial charge in [0.25, 0.3) is 5.91 Å². The van der Waals surface area contributed by atoms with Crippen LogP contribution in [0.1, 0.15) is 15.9 Å². The van der Waals surface area contributed by atoms with E-state index in [9.17, 15) is 4.79 Å². The number of amides is 1. The Morgan fingerprint density at radius 1 is 0.871 bits per heavy atom. The smallest absolute Gasteiger partial charge is 0.257 e. The number of imidazole rings is 1. The van der Waals surface area contributed by atoms with Gasteiger partial charge in [0, 0.05) is 23.4 Å². The number of ether oxygens (including phenoxy) is 3. The Morgan fingerprint density at radius 3 is 2.13 bits per heavy atom. The van der Waals surface area contributed by atoms with Gasteiger partial charge in [-0.05, 0) is 61.0 Å². The van der Waals surface area contributed by atoms with Crippen LogP contribution in [-0.4, -0.2) is 36.6 Å². The van der Waals surface area contributed by atoms with Crippen LogP contribution in [0.5, 0.6) is 17.2 Å². The van der Waals surface area contributed by atoms with E-state index < -0.39 is 0 Å². The Hall–Kier alpha value is -4.00. The molecule has 158 valence electrons. The molecule has 31 heavy (non-hydrogen) atoms. The maximum Gasteiger partial charge on any atom is 0.257 e. The average Bonchev–Trinajstić information content (AvgIpc) is 3.15. The molecule has 0 saturated heterocycles. The highest BCUT2D eigenvalue weighted by Gasteiger charge is 2.18. The van der Waals surface area contributed by atoms with Gasteiger partial charge in [0.2, 0.25) is 0 Å². The van der Waals surface area contributed by atoms with Crippen LogP contribution < -0.4 is 19.5 Å². The lowest BCUT2D eigenvalue weighted by Crippen LogP contribution is -2.14. The zero-order valence-corrected chi connectivity index (χ0v) is 17.8. The molecule has 0 aliphatic rings. The average molecular weight is 417 g/mol. The SMILES string of the molecule is COc1ccc(-c2nc3cc(C)ccn3c2NC(=O)c2cc(OC)cc(OC)c2)cc1. The molecule has 2 aromatic heterocycles. The van der Waals surface area contributed by atoms with Crippen LogP contribution >= 0.6 is 0 Å². The van der Waals surface area contributed by atoms with E-state index >= 15 is 0 Å². The van der Waals surface area contributed by atoms with Gasteiger partial charge in [-0.25, -0.2) is 4.98 Å². The van der Waals surface area contributed by atoms with E-state index in [0.717, 1.165) is 22.5 Å². The van der Waals surface area contributed by atoms with Crippen molar-refractivity contribution in [3.05, 3.63) is 71.9 Å². The maximum atomic E-state index is 13.2. The van der Waals surface area contributed by atoms with Gasteiger partial charge in [-0.15, -0.1) is 0 Å². The molecule has 0 fully saturated rings. The molecular formula is C24H23N3O4. The van der Waals surface area contributed by atoms with Crippen LogP contribution in [0.15, 0.2) is 60.8 Å². The van der Waals surface area contributed by atoms with Gasteiger partial charge in [0.15, 0.2) is 0 Å². The number of carbonyl (C=O) groups is 1. The molecule has 7 nitrogen and oxygen atoms in total. The van der Waals surface area contributed by atoms with Crippen LogP contribution in [0.25, 0.3) is 16.9 Å². The van der Waals surface area contributed by atoms with Gasteiger partial charge in [0.05, 0.1) is 21.3 Å². The number of aryl methyl sites for hydroxylation is 1. The number of benzene rings is 2. The van der Waals surface area contributed by atoms with E-state index in [0.29, 0.717) is 28.6 Å². The number of anilines is 1. The Bertz CT molecular complexity index is 1220. The predicted molar refractivity (Wildman–Crippen MR) is 119 cm³/mol. The van der Waals surface area contributed by atoms with Crippen molar-refractivity contribution in [2.24, 2.45) is 0 Å². The van der Waals surface area contributed by atoms with Gasteiger partial charge < -0.3 is 19.5 Å². The lowest BCUT2D eigenvalue weighted by molar-refractivity contribution is 0.102. The van der Waals surface area contributed by atoms with E-state index in [2.05, 4.69) is 5.32 Å². The molecule has 0 aliphatic heterocycles. The Labute approximate surface area is 180 Å². The molecule has 0 aliphatic carbocycles. The third kappa shape index (κ3) is 4.02. The Kier molecular flexibility index (Phi) is 5.49. The van der Waals surface area contributed by atoms with Gasteiger partial charge in [0.1, 0.15) is 34.4 Å². The second-order valence-corrected chi connectivity index (χ2v) is 7.03. The maximum absolute atomic E-state index is 13.2. The molecule has 4 rings (SSSR count). The molecule has 0 atom stereocenters. The molecule has 4 aromatic rings. The number of fused-ring (bicyclic) bond motifs is 1. The van der Waals surface area contributed by atoms with Crippen molar-refractivity contribution in [2.45, 2.75) is 6.92 Å². The van der Waals surface area contributed by atoms with Gasteiger partial charge in [-0.1, -0.05) is 0 Å². The monoisotopic (exact) mass is 417 g/mol. The van der Waals surface area contributed by atoms with Crippen molar-refractivity contribution < 1.29 is 19.0 Å². The van der Waals surface area contributed by atoms with Crippen LogP contribution in [0.3, 0.4) is 0 Å². The minimum atomic E-state index is -0.297. The van der Waals surface area contributed by atoms with Crippen molar-refractivity contribution in [2.75, 3.05) is 26.6 Å². The van der Waals surface area contributed by atoms with Crippen LogP contribution in [0.2, 0.25) is 0 Å². The summed E-state index contributed by atoms with van der Waals surface area (Å²) in [4.78, 5) is 17.9. The molecule has 7 heteroatoms. The van der Waals surface area contributed by atoms with Crippen LogP contribution in [-0.2, 0) is 0 Å². The highest BCUT2D eigenvalue weighted by molar-refractivity contribution is 6.06. The minimum Gasteiger partial charge on any atom is -0.497 e. The van der Waals surface area contributed by atoms with E-state index in [1.807, 2.05) is 53.9 Å². The predicted octanol–water partition coefficient (Wildman–Crippen LogP) is 4.59. The molecular weight excluding hydrogens is 394 g/mol. The zero-order chi connectivity index (χ0) is 22.0. The summed E-state index contributed by atoms with van der Waals surface area (Å²) in [5.74, 6) is 2.10. The van der Waals surface area contributed by atoms with Crippen molar-refractivity contribution in [3.63, 3.8) is 0 Å². The minimum absolute atomic E-state index is 0.297. The van der Waals surface area contributed by atoms with Crippen molar-refractivity contribution in [1.29, 1.82) is 0 Å². The first-order chi connectivity index (χ1) is 15.0. The number of nitrogens with zero attached hydrogens (tertiary/aromatic N) is 2. The molecule has 0 bridgehead atoms. The molecule has 0 spiro atoms. The Balaban J connectivity index is 1.79. The second-order valence-electron chi connectivity index (χ2n) is 7.03. The van der Waals surface area contributed by atoms with Gasteiger partial charge >= 0.3 is 0 Å². The molecule has 0 saturated carbocycles. The largest absolute Gasteiger partial charge is 0.497 e. The topological polar surface area (TPSA) is 74.1 Å². The summed E-state index contributed by atoms with van der Waals surface area (Å²) >= 11 is 0. The summed E-state index contributed by atoms with van der Waals surface area (Å²) in [5, 5.41) is 3.02.